The first-order valence-electron chi connectivity index (χ1n) is 8.27. The topological polar surface area (TPSA) is 78.7 Å². The van der Waals surface area contributed by atoms with Gasteiger partial charge in [-0.05, 0) is 39.2 Å². The maximum atomic E-state index is 12.2. The Bertz CT molecular complexity index is 582. The highest BCUT2D eigenvalue weighted by atomic mass is 16.5. The second-order valence-electron chi connectivity index (χ2n) is 6.55. The summed E-state index contributed by atoms with van der Waals surface area (Å²) in [6.07, 6.45) is 4.32. The minimum absolute atomic E-state index is 0.103. The van der Waals surface area contributed by atoms with E-state index in [9.17, 15) is 9.59 Å². The molecule has 0 radical (unpaired) electrons. The van der Waals surface area contributed by atoms with Crippen LogP contribution in [0.4, 0.5) is 5.88 Å². The fraction of sp³-hybridized carbons (Fsp3) is 0.688. The standard InChI is InChI=1S/C16H24N4O3/c1-11-8-16(23-18-11)17-15(22)10-19-7-3-4-14(19)9-20(12(2)21)13-5-6-13/h8,13-14H,3-7,9-10H2,1-2H3,(H,17,22)/t14-/m0/s1. The molecule has 1 N–H and O–H groups in total. The monoisotopic (exact) mass is 320 g/mol. The molecule has 1 aliphatic carbocycles. The van der Waals surface area contributed by atoms with Crippen molar-refractivity contribution < 1.29 is 14.1 Å². The molecule has 0 spiro atoms. The molecule has 1 aliphatic heterocycles. The zero-order valence-electron chi connectivity index (χ0n) is 13.7. The number of hydrogen-bond acceptors (Lipinski definition) is 5. The van der Waals surface area contributed by atoms with Gasteiger partial charge in [-0.3, -0.25) is 19.8 Å². The quantitative estimate of drug-likeness (QED) is 0.857. The summed E-state index contributed by atoms with van der Waals surface area (Å²) in [5, 5.41) is 6.49. The lowest BCUT2D eigenvalue weighted by atomic mass is 10.2. The van der Waals surface area contributed by atoms with Crippen LogP contribution in [0, 0.1) is 6.92 Å². The molecule has 0 aromatic carbocycles. The number of nitrogens with one attached hydrogen (secondary N) is 1. The van der Waals surface area contributed by atoms with Gasteiger partial charge < -0.3 is 9.42 Å². The van der Waals surface area contributed by atoms with Crippen molar-refractivity contribution in [3.63, 3.8) is 0 Å². The van der Waals surface area contributed by atoms with Crippen molar-refractivity contribution in [3.05, 3.63) is 11.8 Å². The van der Waals surface area contributed by atoms with Crippen molar-refractivity contribution in [1.82, 2.24) is 15.0 Å². The molecule has 7 nitrogen and oxygen atoms in total. The molecular weight excluding hydrogens is 296 g/mol. The zero-order valence-corrected chi connectivity index (χ0v) is 13.7. The van der Waals surface area contributed by atoms with E-state index in [1.165, 1.54) is 0 Å². The Balaban J connectivity index is 1.53. The maximum absolute atomic E-state index is 12.2. The largest absolute Gasteiger partial charge is 0.338 e. The lowest BCUT2D eigenvalue weighted by molar-refractivity contribution is -0.130. The molecule has 23 heavy (non-hydrogen) atoms. The molecule has 7 heteroatoms. The van der Waals surface area contributed by atoms with Crippen LogP contribution in [0.1, 0.15) is 38.3 Å². The number of carbonyl (C=O) groups is 2. The summed E-state index contributed by atoms with van der Waals surface area (Å²) in [6.45, 7) is 5.39. The second kappa shape index (κ2) is 6.70. The smallest absolute Gasteiger partial charge is 0.240 e. The predicted molar refractivity (Wildman–Crippen MR) is 84.9 cm³/mol. The highest BCUT2D eigenvalue weighted by molar-refractivity contribution is 5.91. The Labute approximate surface area is 136 Å². The van der Waals surface area contributed by atoms with Gasteiger partial charge in [-0.1, -0.05) is 5.16 Å². The van der Waals surface area contributed by atoms with Crippen molar-refractivity contribution in [3.8, 4) is 0 Å². The van der Waals surface area contributed by atoms with E-state index < -0.39 is 0 Å². The summed E-state index contributed by atoms with van der Waals surface area (Å²) in [7, 11) is 0. The van der Waals surface area contributed by atoms with Crippen LogP contribution in [0.25, 0.3) is 0 Å². The van der Waals surface area contributed by atoms with Crippen LogP contribution in [-0.2, 0) is 9.59 Å². The highest BCUT2D eigenvalue weighted by Crippen LogP contribution is 2.29. The molecule has 1 aromatic rings. The van der Waals surface area contributed by atoms with Gasteiger partial charge in [0.1, 0.15) is 0 Å². The minimum Gasteiger partial charge on any atom is -0.338 e. The number of rotatable bonds is 6. The van der Waals surface area contributed by atoms with Crippen LogP contribution in [0.3, 0.4) is 0 Å². The second-order valence-corrected chi connectivity index (χ2v) is 6.55. The van der Waals surface area contributed by atoms with Crippen molar-refractivity contribution >= 4 is 17.7 Å². The Morgan fingerprint density at radius 1 is 1.43 bits per heavy atom. The maximum Gasteiger partial charge on any atom is 0.240 e. The molecule has 0 bridgehead atoms. The van der Waals surface area contributed by atoms with Crippen LogP contribution < -0.4 is 5.32 Å². The van der Waals surface area contributed by atoms with Gasteiger partial charge in [-0.2, -0.15) is 0 Å². The first-order chi connectivity index (χ1) is 11.0. The van der Waals surface area contributed by atoms with Crippen molar-refractivity contribution in [2.24, 2.45) is 0 Å². The fourth-order valence-electron chi connectivity index (χ4n) is 3.24. The lowest BCUT2D eigenvalue weighted by Gasteiger charge is -2.30. The van der Waals surface area contributed by atoms with Gasteiger partial charge in [0.05, 0.1) is 12.2 Å². The molecule has 2 heterocycles. The van der Waals surface area contributed by atoms with Crippen LogP contribution in [0.5, 0.6) is 0 Å². The lowest BCUT2D eigenvalue weighted by Crippen LogP contribution is -2.45. The molecule has 1 saturated carbocycles. The van der Waals surface area contributed by atoms with Gasteiger partial charge in [0.25, 0.3) is 0 Å². The number of aryl methyl sites for hydroxylation is 1. The van der Waals surface area contributed by atoms with Crippen LogP contribution in [0.2, 0.25) is 0 Å². The van der Waals surface area contributed by atoms with Crippen molar-refractivity contribution in [1.29, 1.82) is 0 Å². The molecule has 2 fully saturated rings. The summed E-state index contributed by atoms with van der Waals surface area (Å²) in [5.74, 6) is 0.418. The van der Waals surface area contributed by atoms with E-state index in [0.717, 1.165) is 44.5 Å². The molecular formula is C16H24N4O3. The summed E-state index contributed by atoms with van der Waals surface area (Å²) in [5.41, 5.74) is 0.737. The van der Waals surface area contributed by atoms with E-state index in [1.54, 1.807) is 13.0 Å². The normalized spacial score (nSPS) is 21.4. The molecule has 3 rings (SSSR count). The first-order valence-corrected chi connectivity index (χ1v) is 8.27. The number of likely N-dealkylation sites (tertiary alicyclic amines) is 1. The average molecular weight is 320 g/mol. The summed E-state index contributed by atoms with van der Waals surface area (Å²) >= 11 is 0. The minimum atomic E-state index is -0.103. The molecule has 1 atom stereocenters. The molecule has 126 valence electrons. The number of carbonyl (C=O) groups excluding carboxylic acids is 2. The Kier molecular flexibility index (Phi) is 4.66. The van der Waals surface area contributed by atoms with Crippen LogP contribution in [0.15, 0.2) is 10.6 Å². The number of aromatic nitrogens is 1. The summed E-state index contributed by atoms with van der Waals surface area (Å²) in [6, 6.07) is 2.38. The number of amides is 2. The van der Waals surface area contributed by atoms with Crippen molar-refractivity contribution in [2.75, 3.05) is 25.0 Å². The van der Waals surface area contributed by atoms with Crippen molar-refractivity contribution in [2.45, 2.75) is 51.6 Å². The van der Waals surface area contributed by atoms with E-state index in [-0.39, 0.29) is 17.9 Å². The van der Waals surface area contributed by atoms with Gasteiger partial charge in [0, 0.05) is 31.6 Å². The number of hydrogen-bond donors (Lipinski definition) is 1. The number of nitrogens with zero attached hydrogens (tertiary/aromatic N) is 3. The first kappa shape index (κ1) is 16.0. The van der Waals surface area contributed by atoms with E-state index in [4.69, 9.17) is 4.52 Å². The number of anilines is 1. The third kappa shape index (κ3) is 4.10. The van der Waals surface area contributed by atoms with E-state index in [2.05, 4.69) is 15.4 Å². The average Bonchev–Trinajstić information content (AvgIpc) is 3.11. The molecule has 1 aromatic heterocycles. The van der Waals surface area contributed by atoms with Gasteiger partial charge in [0.2, 0.25) is 17.7 Å². The summed E-state index contributed by atoms with van der Waals surface area (Å²) in [4.78, 5) is 28.1. The van der Waals surface area contributed by atoms with Gasteiger partial charge in [0.15, 0.2) is 0 Å². The third-order valence-corrected chi connectivity index (χ3v) is 4.54. The Morgan fingerprint density at radius 2 is 2.22 bits per heavy atom. The highest BCUT2D eigenvalue weighted by Gasteiger charge is 2.35. The Morgan fingerprint density at radius 3 is 2.83 bits per heavy atom. The summed E-state index contributed by atoms with van der Waals surface area (Å²) < 4.78 is 5.01. The van der Waals surface area contributed by atoms with E-state index in [0.29, 0.717) is 18.5 Å². The van der Waals surface area contributed by atoms with Gasteiger partial charge in [-0.15, -0.1) is 0 Å². The SMILES string of the molecule is CC(=O)N(C[C@@H]1CCCN1CC(=O)Nc1cc(C)no1)C1CC1. The van der Waals surface area contributed by atoms with E-state index >= 15 is 0 Å². The molecule has 0 unspecified atom stereocenters. The van der Waals surface area contributed by atoms with Gasteiger partial charge >= 0.3 is 0 Å². The fourth-order valence-corrected chi connectivity index (χ4v) is 3.24. The molecule has 2 aliphatic rings. The van der Waals surface area contributed by atoms with Crippen LogP contribution in [-0.4, -0.2) is 58.5 Å². The van der Waals surface area contributed by atoms with Crippen LogP contribution >= 0.6 is 0 Å². The predicted octanol–water partition coefficient (Wildman–Crippen LogP) is 1.40. The Hall–Kier alpha value is -1.89. The molecule has 2 amide bonds. The zero-order chi connectivity index (χ0) is 16.4. The van der Waals surface area contributed by atoms with E-state index in [1.807, 2.05) is 11.8 Å². The molecule has 1 saturated heterocycles. The van der Waals surface area contributed by atoms with Gasteiger partial charge in [-0.25, -0.2) is 0 Å². The third-order valence-electron chi connectivity index (χ3n) is 4.54.